The molecule has 0 heterocycles. The standard InChI is InChI=1S/C18H20N2O/c1-3-17(20)18(15-9-7-13(2)8-10-15)21-16-6-4-5-14(11-16)12-19/h4-11,17-18H,3,20H2,1-2H3. The summed E-state index contributed by atoms with van der Waals surface area (Å²) in [6.45, 7) is 4.09. The SMILES string of the molecule is CCC(N)C(Oc1cccc(C#N)c1)c1ccc(C)cc1. The van der Waals surface area contributed by atoms with Crippen LogP contribution in [0.15, 0.2) is 48.5 Å². The molecular formula is C18H20N2O. The Kier molecular flexibility index (Phi) is 4.97. The minimum Gasteiger partial charge on any atom is -0.484 e. The molecule has 2 atom stereocenters. The summed E-state index contributed by atoms with van der Waals surface area (Å²) >= 11 is 0. The lowest BCUT2D eigenvalue weighted by Crippen LogP contribution is -2.31. The van der Waals surface area contributed by atoms with Gasteiger partial charge in [-0.05, 0) is 37.1 Å². The average molecular weight is 280 g/mol. The van der Waals surface area contributed by atoms with Gasteiger partial charge in [0, 0.05) is 6.04 Å². The van der Waals surface area contributed by atoms with Crippen LogP contribution in [0.2, 0.25) is 0 Å². The van der Waals surface area contributed by atoms with E-state index < -0.39 is 0 Å². The van der Waals surface area contributed by atoms with Crippen LogP contribution in [-0.4, -0.2) is 6.04 Å². The monoisotopic (exact) mass is 280 g/mol. The molecule has 3 heteroatoms. The highest BCUT2D eigenvalue weighted by Gasteiger charge is 2.20. The van der Waals surface area contributed by atoms with E-state index in [1.165, 1.54) is 5.56 Å². The van der Waals surface area contributed by atoms with Crippen LogP contribution in [-0.2, 0) is 0 Å². The van der Waals surface area contributed by atoms with E-state index in [2.05, 4.69) is 25.1 Å². The lowest BCUT2D eigenvalue weighted by Gasteiger charge is -2.25. The molecular weight excluding hydrogens is 260 g/mol. The van der Waals surface area contributed by atoms with Crippen LogP contribution in [0.5, 0.6) is 5.75 Å². The van der Waals surface area contributed by atoms with Crippen LogP contribution in [0.25, 0.3) is 0 Å². The predicted octanol–water partition coefficient (Wildman–Crippen LogP) is 3.72. The normalized spacial score (nSPS) is 13.2. The number of benzene rings is 2. The van der Waals surface area contributed by atoms with Gasteiger partial charge in [-0.1, -0.05) is 42.8 Å². The van der Waals surface area contributed by atoms with Gasteiger partial charge in [0.2, 0.25) is 0 Å². The van der Waals surface area contributed by atoms with Gasteiger partial charge in [-0.15, -0.1) is 0 Å². The van der Waals surface area contributed by atoms with Crippen molar-refractivity contribution in [2.75, 3.05) is 0 Å². The van der Waals surface area contributed by atoms with E-state index in [9.17, 15) is 0 Å². The highest BCUT2D eigenvalue weighted by molar-refractivity contribution is 5.37. The molecule has 2 aromatic rings. The maximum atomic E-state index is 8.97. The molecule has 0 saturated carbocycles. The number of nitriles is 1. The summed E-state index contributed by atoms with van der Waals surface area (Å²) in [7, 11) is 0. The number of nitrogens with two attached hydrogens (primary N) is 1. The second-order valence-corrected chi connectivity index (χ2v) is 5.16. The summed E-state index contributed by atoms with van der Waals surface area (Å²) in [5, 5.41) is 8.97. The molecule has 0 fully saturated rings. The van der Waals surface area contributed by atoms with Gasteiger partial charge in [0.15, 0.2) is 0 Å². The molecule has 0 aliphatic carbocycles. The Bertz CT molecular complexity index is 628. The molecule has 0 saturated heterocycles. The van der Waals surface area contributed by atoms with Gasteiger partial charge >= 0.3 is 0 Å². The molecule has 2 rings (SSSR count). The lowest BCUT2D eigenvalue weighted by atomic mass is 9.99. The van der Waals surface area contributed by atoms with E-state index in [0.29, 0.717) is 11.3 Å². The summed E-state index contributed by atoms with van der Waals surface area (Å²) in [6, 6.07) is 17.4. The van der Waals surface area contributed by atoms with Crippen LogP contribution in [0.4, 0.5) is 0 Å². The molecule has 2 unspecified atom stereocenters. The third kappa shape index (κ3) is 3.84. The van der Waals surface area contributed by atoms with Crippen molar-refractivity contribution in [2.24, 2.45) is 5.73 Å². The number of hydrogen-bond donors (Lipinski definition) is 1. The minimum absolute atomic E-state index is 0.0987. The fraction of sp³-hybridized carbons (Fsp3) is 0.278. The molecule has 0 bridgehead atoms. The van der Waals surface area contributed by atoms with E-state index in [4.69, 9.17) is 15.7 Å². The van der Waals surface area contributed by atoms with Crippen molar-refractivity contribution in [3.63, 3.8) is 0 Å². The molecule has 108 valence electrons. The van der Waals surface area contributed by atoms with Crippen molar-refractivity contribution < 1.29 is 4.74 Å². The number of nitrogens with zero attached hydrogens (tertiary/aromatic N) is 1. The van der Waals surface area contributed by atoms with Crippen molar-refractivity contribution in [3.05, 3.63) is 65.2 Å². The van der Waals surface area contributed by atoms with Gasteiger partial charge < -0.3 is 10.5 Å². The fourth-order valence-corrected chi connectivity index (χ4v) is 2.16. The van der Waals surface area contributed by atoms with Crippen molar-refractivity contribution in [1.82, 2.24) is 0 Å². The third-order valence-corrected chi connectivity index (χ3v) is 3.49. The zero-order valence-electron chi connectivity index (χ0n) is 12.4. The summed E-state index contributed by atoms with van der Waals surface area (Å²) < 4.78 is 6.06. The van der Waals surface area contributed by atoms with Crippen molar-refractivity contribution in [2.45, 2.75) is 32.4 Å². The zero-order chi connectivity index (χ0) is 15.2. The molecule has 3 nitrogen and oxygen atoms in total. The fourth-order valence-electron chi connectivity index (χ4n) is 2.16. The van der Waals surface area contributed by atoms with Gasteiger partial charge in [0.05, 0.1) is 11.6 Å². The van der Waals surface area contributed by atoms with Gasteiger partial charge in [0.25, 0.3) is 0 Å². The van der Waals surface area contributed by atoms with Crippen molar-refractivity contribution in [1.29, 1.82) is 5.26 Å². The quantitative estimate of drug-likeness (QED) is 0.908. The molecule has 2 aromatic carbocycles. The first kappa shape index (κ1) is 15.1. The number of aryl methyl sites for hydroxylation is 1. The second-order valence-electron chi connectivity index (χ2n) is 5.16. The first-order valence-corrected chi connectivity index (χ1v) is 7.13. The van der Waals surface area contributed by atoms with Gasteiger partial charge in [-0.2, -0.15) is 5.26 Å². The molecule has 21 heavy (non-hydrogen) atoms. The van der Waals surface area contributed by atoms with Gasteiger partial charge in [0.1, 0.15) is 11.9 Å². The number of ether oxygens (including phenoxy) is 1. The van der Waals surface area contributed by atoms with Crippen molar-refractivity contribution >= 4 is 0 Å². The van der Waals surface area contributed by atoms with E-state index in [-0.39, 0.29) is 12.1 Å². The molecule has 0 spiro atoms. The smallest absolute Gasteiger partial charge is 0.139 e. The largest absolute Gasteiger partial charge is 0.484 e. The Labute approximate surface area is 126 Å². The summed E-state index contributed by atoms with van der Waals surface area (Å²) in [6.07, 6.45) is 0.598. The molecule has 0 amide bonds. The van der Waals surface area contributed by atoms with E-state index in [1.807, 2.05) is 31.2 Å². The van der Waals surface area contributed by atoms with Crippen molar-refractivity contribution in [3.8, 4) is 11.8 Å². The first-order valence-electron chi connectivity index (χ1n) is 7.13. The van der Waals surface area contributed by atoms with Gasteiger partial charge in [-0.3, -0.25) is 0 Å². The van der Waals surface area contributed by atoms with Crippen LogP contribution in [0, 0.1) is 18.3 Å². The van der Waals surface area contributed by atoms with E-state index in [0.717, 1.165) is 12.0 Å². The van der Waals surface area contributed by atoms with Crippen LogP contribution in [0.1, 0.15) is 36.1 Å². The molecule has 2 N–H and O–H groups in total. The summed E-state index contributed by atoms with van der Waals surface area (Å²) in [5.74, 6) is 0.670. The van der Waals surface area contributed by atoms with Gasteiger partial charge in [-0.25, -0.2) is 0 Å². The molecule has 0 aliphatic rings. The third-order valence-electron chi connectivity index (χ3n) is 3.49. The van der Waals surface area contributed by atoms with Crippen LogP contribution in [0.3, 0.4) is 0 Å². The topological polar surface area (TPSA) is 59.0 Å². The average Bonchev–Trinajstić information content (AvgIpc) is 2.53. The first-order chi connectivity index (χ1) is 10.1. The summed E-state index contributed by atoms with van der Waals surface area (Å²) in [5.41, 5.74) is 9.06. The molecule has 0 aromatic heterocycles. The number of hydrogen-bond acceptors (Lipinski definition) is 3. The van der Waals surface area contributed by atoms with Crippen LogP contribution < -0.4 is 10.5 Å². The number of rotatable bonds is 5. The second kappa shape index (κ2) is 6.92. The maximum absolute atomic E-state index is 8.97. The predicted molar refractivity (Wildman–Crippen MR) is 84.0 cm³/mol. The molecule has 0 aliphatic heterocycles. The Balaban J connectivity index is 2.28. The van der Waals surface area contributed by atoms with E-state index >= 15 is 0 Å². The Morgan fingerprint density at radius 3 is 2.52 bits per heavy atom. The van der Waals surface area contributed by atoms with E-state index in [1.54, 1.807) is 12.1 Å². The minimum atomic E-state index is -0.218. The lowest BCUT2D eigenvalue weighted by molar-refractivity contribution is 0.171. The summed E-state index contributed by atoms with van der Waals surface area (Å²) in [4.78, 5) is 0. The highest BCUT2D eigenvalue weighted by atomic mass is 16.5. The Hall–Kier alpha value is -2.31. The maximum Gasteiger partial charge on any atom is 0.139 e. The highest BCUT2D eigenvalue weighted by Crippen LogP contribution is 2.26. The van der Waals surface area contributed by atoms with Crippen LogP contribution >= 0.6 is 0 Å². The Morgan fingerprint density at radius 2 is 1.90 bits per heavy atom. The zero-order valence-corrected chi connectivity index (χ0v) is 12.4. The Morgan fingerprint density at radius 1 is 1.19 bits per heavy atom. The molecule has 0 radical (unpaired) electrons.